The number of carbonyl (C=O) groups is 1. The molecule has 0 aliphatic heterocycles. The molecule has 15 heavy (non-hydrogen) atoms. The number of amides is 1. The maximum Gasteiger partial charge on any atom is 0.258 e. The molecule has 1 unspecified atom stereocenters. The lowest BCUT2D eigenvalue weighted by molar-refractivity contribution is -0.124. The van der Waals surface area contributed by atoms with Crippen LogP contribution in [0.5, 0.6) is 5.75 Å². The highest BCUT2D eigenvalue weighted by Crippen LogP contribution is 2.21. The standard InChI is InChI=1S/C10H13FN2O2/c1-2-8(10(13)14)15-9-4-3-6(12)5-7(9)11/h3-5,8H,2,12H2,1H3,(H2,13,14). The molecule has 1 atom stereocenters. The Hall–Kier alpha value is -1.78. The lowest BCUT2D eigenvalue weighted by Gasteiger charge is -2.14. The first kappa shape index (κ1) is 11.3. The fraction of sp³-hybridized carbons (Fsp3) is 0.300. The van der Waals surface area contributed by atoms with Gasteiger partial charge in [0.1, 0.15) is 0 Å². The number of anilines is 1. The number of benzene rings is 1. The molecule has 1 aromatic rings. The Morgan fingerprint density at radius 2 is 2.27 bits per heavy atom. The minimum absolute atomic E-state index is 0.0187. The molecule has 0 spiro atoms. The highest BCUT2D eigenvalue weighted by molar-refractivity contribution is 5.79. The van der Waals surface area contributed by atoms with Crippen molar-refractivity contribution >= 4 is 11.6 Å². The van der Waals surface area contributed by atoms with E-state index in [1.807, 2.05) is 0 Å². The van der Waals surface area contributed by atoms with Gasteiger partial charge >= 0.3 is 0 Å². The van der Waals surface area contributed by atoms with Gasteiger partial charge in [0, 0.05) is 11.8 Å². The van der Waals surface area contributed by atoms with Crippen molar-refractivity contribution in [2.75, 3.05) is 5.73 Å². The van der Waals surface area contributed by atoms with E-state index in [4.69, 9.17) is 16.2 Å². The van der Waals surface area contributed by atoms with Gasteiger partial charge in [-0.15, -0.1) is 0 Å². The SMILES string of the molecule is CCC(Oc1ccc(N)cc1F)C(N)=O. The molecule has 0 aliphatic rings. The number of nitrogens with two attached hydrogens (primary N) is 2. The van der Waals surface area contributed by atoms with Gasteiger partial charge in [0.2, 0.25) is 0 Å². The molecule has 1 amide bonds. The van der Waals surface area contributed by atoms with Crippen LogP contribution in [0, 0.1) is 5.82 Å². The van der Waals surface area contributed by atoms with E-state index in [0.717, 1.165) is 6.07 Å². The van der Waals surface area contributed by atoms with E-state index in [-0.39, 0.29) is 5.75 Å². The van der Waals surface area contributed by atoms with Crippen molar-refractivity contribution in [2.24, 2.45) is 5.73 Å². The first-order valence-electron chi connectivity index (χ1n) is 4.55. The summed E-state index contributed by atoms with van der Waals surface area (Å²) in [5.74, 6) is -1.24. The fourth-order valence-electron chi connectivity index (χ4n) is 1.11. The van der Waals surface area contributed by atoms with Crippen LogP contribution in [0.25, 0.3) is 0 Å². The highest BCUT2D eigenvalue weighted by Gasteiger charge is 2.16. The normalized spacial score (nSPS) is 12.1. The quantitative estimate of drug-likeness (QED) is 0.732. The number of primary amides is 1. The lowest BCUT2D eigenvalue weighted by atomic mass is 10.2. The van der Waals surface area contributed by atoms with Crippen LogP contribution in [0.15, 0.2) is 18.2 Å². The molecular weight excluding hydrogens is 199 g/mol. The Bertz CT molecular complexity index is 368. The molecule has 4 nitrogen and oxygen atoms in total. The van der Waals surface area contributed by atoms with E-state index in [2.05, 4.69) is 0 Å². The van der Waals surface area contributed by atoms with Gasteiger partial charge in [0.05, 0.1) is 0 Å². The van der Waals surface area contributed by atoms with Gasteiger partial charge in [-0.3, -0.25) is 4.79 Å². The minimum Gasteiger partial charge on any atom is -0.478 e. The van der Waals surface area contributed by atoms with Crippen molar-refractivity contribution in [2.45, 2.75) is 19.4 Å². The Morgan fingerprint density at radius 3 is 2.73 bits per heavy atom. The molecule has 0 bridgehead atoms. The van der Waals surface area contributed by atoms with Gasteiger partial charge in [-0.05, 0) is 18.6 Å². The van der Waals surface area contributed by atoms with Crippen molar-refractivity contribution in [3.05, 3.63) is 24.0 Å². The first-order chi connectivity index (χ1) is 7.04. The van der Waals surface area contributed by atoms with E-state index < -0.39 is 17.8 Å². The fourth-order valence-corrected chi connectivity index (χ4v) is 1.11. The van der Waals surface area contributed by atoms with Crippen LogP contribution >= 0.6 is 0 Å². The van der Waals surface area contributed by atoms with E-state index in [1.165, 1.54) is 12.1 Å². The number of halogens is 1. The van der Waals surface area contributed by atoms with Gasteiger partial charge in [0.15, 0.2) is 17.7 Å². The zero-order valence-corrected chi connectivity index (χ0v) is 8.37. The molecule has 1 aromatic carbocycles. The van der Waals surface area contributed by atoms with Crippen molar-refractivity contribution in [1.29, 1.82) is 0 Å². The van der Waals surface area contributed by atoms with Crippen LogP contribution in [0.4, 0.5) is 10.1 Å². The molecule has 0 aromatic heterocycles. The molecule has 5 heteroatoms. The predicted octanol–water partition coefficient (Wildman–Crippen LogP) is 1.05. The summed E-state index contributed by atoms with van der Waals surface area (Å²) in [5, 5.41) is 0. The number of nitrogen functional groups attached to an aromatic ring is 1. The summed E-state index contributed by atoms with van der Waals surface area (Å²) in [6.07, 6.45) is -0.429. The van der Waals surface area contributed by atoms with Gasteiger partial charge in [-0.1, -0.05) is 6.92 Å². The average Bonchev–Trinajstić information content (AvgIpc) is 2.16. The van der Waals surface area contributed by atoms with Crippen molar-refractivity contribution in [3.63, 3.8) is 0 Å². The van der Waals surface area contributed by atoms with Crippen molar-refractivity contribution < 1.29 is 13.9 Å². The molecule has 82 valence electrons. The van der Waals surface area contributed by atoms with E-state index >= 15 is 0 Å². The second kappa shape index (κ2) is 4.63. The number of hydrogen-bond donors (Lipinski definition) is 2. The molecular formula is C10H13FN2O2. The smallest absolute Gasteiger partial charge is 0.258 e. The van der Waals surface area contributed by atoms with Crippen molar-refractivity contribution in [3.8, 4) is 5.75 Å². The molecule has 1 rings (SSSR count). The Labute approximate surface area is 87.0 Å². The van der Waals surface area contributed by atoms with Crippen LogP contribution in [-0.2, 0) is 4.79 Å². The Kier molecular flexibility index (Phi) is 3.49. The number of ether oxygens (including phenoxy) is 1. The zero-order chi connectivity index (χ0) is 11.4. The second-order valence-corrected chi connectivity index (χ2v) is 3.11. The molecule has 4 N–H and O–H groups in total. The first-order valence-corrected chi connectivity index (χ1v) is 4.55. The zero-order valence-electron chi connectivity index (χ0n) is 8.37. The summed E-state index contributed by atoms with van der Waals surface area (Å²) >= 11 is 0. The summed E-state index contributed by atoms with van der Waals surface area (Å²) in [7, 11) is 0. The number of hydrogen-bond acceptors (Lipinski definition) is 3. The van der Waals surface area contributed by atoms with Crippen molar-refractivity contribution in [1.82, 2.24) is 0 Å². The van der Waals surface area contributed by atoms with Crippen LogP contribution in [0.3, 0.4) is 0 Å². The Balaban J connectivity index is 2.84. The van der Waals surface area contributed by atoms with Crippen LogP contribution in [-0.4, -0.2) is 12.0 Å². The Morgan fingerprint density at radius 1 is 1.60 bits per heavy atom. The maximum atomic E-state index is 13.3. The summed E-state index contributed by atoms with van der Waals surface area (Å²) < 4.78 is 18.4. The molecule has 0 radical (unpaired) electrons. The van der Waals surface area contributed by atoms with E-state index in [0.29, 0.717) is 12.1 Å². The van der Waals surface area contributed by atoms with Gasteiger partial charge < -0.3 is 16.2 Å². The third-order valence-corrected chi connectivity index (χ3v) is 1.91. The topological polar surface area (TPSA) is 78.3 Å². The molecule has 0 aliphatic carbocycles. The lowest BCUT2D eigenvalue weighted by Crippen LogP contribution is -2.33. The molecule has 0 saturated carbocycles. The maximum absolute atomic E-state index is 13.3. The van der Waals surface area contributed by atoms with Crippen LogP contribution < -0.4 is 16.2 Å². The van der Waals surface area contributed by atoms with E-state index in [1.54, 1.807) is 6.92 Å². The number of rotatable bonds is 4. The highest BCUT2D eigenvalue weighted by atomic mass is 19.1. The largest absolute Gasteiger partial charge is 0.478 e. The summed E-state index contributed by atoms with van der Waals surface area (Å²) in [4.78, 5) is 10.9. The van der Waals surface area contributed by atoms with Gasteiger partial charge in [-0.2, -0.15) is 0 Å². The average molecular weight is 212 g/mol. The van der Waals surface area contributed by atoms with Crippen LogP contribution in [0.2, 0.25) is 0 Å². The van der Waals surface area contributed by atoms with Gasteiger partial charge in [-0.25, -0.2) is 4.39 Å². The van der Waals surface area contributed by atoms with Crippen LogP contribution in [0.1, 0.15) is 13.3 Å². The molecule has 0 fully saturated rings. The summed E-state index contributed by atoms with van der Waals surface area (Å²) in [5.41, 5.74) is 10.7. The molecule has 0 heterocycles. The van der Waals surface area contributed by atoms with Gasteiger partial charge in [0.25, 0.3) is 5.91 Å². The molecule has 0 saturated heterocycles. The third kappa shape index (κ3) is 2.83. The minimum atomic E-state index is -0.817. The monoisotopic (exact) mass is 212 g/mol. The summed E-state index contributed by atoms with van der Waals surface area (Å²) in [6.45, 7) is 1.73. The third-order valence-electron chi connectivity index (χ3n) is 1.91. The van der Waals surface area contributed by atoms with E-state index in [9.17, 15) is 9.18 Å². The number of carbonyl (C=O) groups excluding carboxylic acids is 1. The summed E-state index contributed by atoms with van der Waals surface area (Å²) in [6, 6.07) is 3.99. The second-order valence-electron chi connectivity index (χ2n) is 3.11. The predicted molar refractivity (Wildman–Crippen MR) is 54.7 cm³/mol.